The number of nitrogens with two attached hydrogens (primary N) is 1. The second kappa shape index (κ2) is 10.7. The SMILES string of the molecule is CN1CCC(c2ccc(Nc3ncc4ccc(C5=CCN(C(=O)OC(C)(C)C)CC5)n4n3)cc2)CC1C(N)=O. The fourth-order valence-electron chi connectivity index (χ4n) is 5.28. The molecule has 5 rings (SSSR count). The molecule has 1 fully saturated rings. The zero-order chi connectivity index (χ0) is 27.7. The van der Waals surface area contributed by atoms with E-state index in [0.29, 0.717) is 31.4 Å². The number of ether oxygens (including phenoxy) is 1. The van der Waals surface area contributed by atoms with E-state index in [1.165, 1.54) is 5.56 Å². The number of rotatable bonds is 5. The lowest BCUT2D eigenvalue weighted by Gasteiger charge is -2.35. The first kappa shape index (κ1) is 26.7. The van der Waals surface area contributed by atoms with Gasteiger partial charge in [0, 0.05) is 18.8 Å². The highest BCUT2D eigenvalue weighted by atomic mass is 16.6. The number of piperidine rings is 1. The van der Waals surface area contributed by atoms with Crippen molar-refractivity contribution >= 4 is 34.7 Å². The maximum Gasteiger partial charge on any atom is 0.410 e. The van der Waals surface area contributed by atoms with Crippen molar-refractivity contribution in [2.45, 2.75) is 57.6 Å². The Morgan fingerprint density at radius 3 is 2.54 bits per heavy atom. The quantitative estimate of drug-likeness (QED) is 0.508. The minimum Gasteiger partial charge on any atom is -0.444 e. The standard InChI is InChI=1S/C29H37N7O3/c1-29(2,3)39-28(38)35-15-12-20(13-16-35)24-10-9-23-18-31-27(33-36(23)24)32-22-7-5-19(6-8-22)21-11-14-34(4)25(17-21)26(30)37/h5-10,12,18,21,25H,11,13-17H2,1-4H3,(H2,30,37)(H,32,33). The van der Waals surface area contributed by atoms with Gasteiger partial charge >= 0.3 is 6.09 Å². The van der Waals surface area contributed by atoms with E-state index in [1.54, 1.807) is 11.1 Å². The number of hydrogen-bond donors (Lipinski definition) is 2. The van der Waals surface area contributed by atoms with Gasteiger partial charge in [-0.2, -0.15) is 0 Å². The third-order valence-corrected chi connectivity index (χ3v) is 7.43. The molecule has 1 aromatic carbocycles. The fraction of sp³-hybridized carbons (Fsp3) is 0.448. The molecule has 206 valence electrons. The Morgan fingerprint density at radius 1 is 1.10 bits per heavy atom. The summed E-state index contributed by atoms with van der Waals surface area (Å²) in [5.41, 5.74) is 10.2. The fourth-order valence-corrected chi connectivity index (χ4v) is 5.28. The van der Waals surface area contributed by atoms with Crippen molar-refractivity contribution in [2.75, 3.05) is 32.0 Å². The molecule has 39 heavy (non-hydrogen) atoms. The second-order valence-electron chi connectivity index (χ2n) is 11.4. The topological polar surface area (TPSA) is 118 Å². The summed E-state index contributed by atoms with van der Waals surface area (Å²) in [7, 11) is 1.95. The van der Waals surface area contributed by atoms with Gasteiger partial charge in [-0.05, 0) is 94.9 Å². The third-order valence-electron chi connectivity index (χ3n) is 7.43. The molecule has 10 nitrogen and oxygen atoms in total. The molecule has 4 heterocycles. The number of carbonyl (C=O) groups excluding carboxylic acids is 2. The van der Waals surface area contributed by atoms with Crippen LogP contribution in [-0.2, 0) is 9.53 Å². The summed E-state index contributed by atoms with van der Waals surface area (Å²) in [6, 6.07) is 12.0. The van der Waals surface area contributed by atoms with E-state index in [-0.39, 0.29) is 18.0 Å². The highest BCUT2D eigenvalue weighted by Gasteiger charge is 2.30. The molecule has 2 aliphatic rings. The van der Waals surface area contributed by atoms with Gasteiger partial charge < -0.3 is 20.7 Å². The van der Waals surface area contributed by atoms with Crippen molar-refractivity contribution in [3.63, 3.8) is 0 Å². The molecule has 2 atom stereocenters. The summed E-state index contributed by atoms with van der Waals surface area (Å²) in [5, 5.41) is 8.06. The largest absolute Gasteiger partial charge is 0.444 e. The Hall–Kier alpha value is -3.92. The van der Waals surface area contributed by atoms with Crippen molar-refractivity contribution in [1.82, 2.24) is 24.4 Å². The van der Waals surface area contributed by atoms with Gasteiger partial charge in [-0.15, -0.1) is 5.10 Å². The van der Waals surface area contributed by atoms with Crippen molar-refractivity contribution in [2.24, 2.45) is 5.73 Å². The lowest BCUT2D eigenvalue weighted by atomic mass is 9.85. The number of primary amides is 1. The van der Waals surface area contributed by atoms with Crippen LogP contribution in [0, 0.1) is 0 Å². The summed E-state index contributed by atoms with van der Waals surface area (Å²) >= 11 is 0. The lowest BCUT2D eigenvalue weighted by molar-refractivity contribution is -0.124. The number of aromatic nitrogens is 3. The van der Waals surface area contributed by atoms with E-state index in [0.717, 1.165) is 41.9 Å². The van der Waals surface area contributed by atoms with E-state index in [9.17, 15) is 9.59 Å². The second-order valence-corrected chi connectivity index (χ2v) is 11.4. The number of nitrogens with one attached hydrogen (secondary N) is 1. The van der Waals surface area contributed by atoms with Crippen LogP contribution in [0.15, 0.2) is 48.7 Å². The number of hydrogen-bond acceptors (Lipinski definition) is 7. The van der Waals surface area contributed by atoms with Gasteiger partial charge in [-0.1, -0.05) is 18.2 Å². The number of fused-ring (bicyclic) bond motifs is 1. The Bertz CT molecular complexity index is 1390. The van der Waals surface area contributed by atoms with Crippen LogP contribution in [0.5, 0.6) is 0 Å². The Balaban J connectivity index is 1.27. The van der Waals surface area contributed by atoms with E-state index >= 15 is 0 Å². The van der Waals surface area contributed by atoms with Crippen LogP contribution in [0.25, 0.3) is 11.1 Å². The van der Waals surface area contributed by atoms with Crippen LogP contribution < -0.4 is 11.1 Å². The number of nitrogens with zero attached hydrogens (tertiary/aromatic N) is 5. The first-order valence-electron chi connectivity index (χ1n) is 13.5. The highest BCUT2D eigenvalue weighted by Crippen LogP contribution is 2.32. The van der Waals surface area contributed by atoms with Crippen molar-refractivity contribution in [1.29, 1.82) is 0 Å². The van der Waals surface area contributed by atoms with Gasteiger partial charge in [0.1, 0.15) is 5.60 Å². The normalized spacial score (nSPS) is 20.5. The van der Waals surface area contributed by atoms with E-state index in [1.807, 2.05) is 61.5 Å². The molecule has 2 amide bonds. The molecule has 2 aromatic heterocycles. The lowest BCUT2D eigenvalue weighted by Crippen LogP contribution is -2.47. The maximum atomic E-state index is 12.4. The molecule has 3 N–H and O–H groups in total. The highest BCUT2D eigenvalue weighted by molar-refractivity contribution is 5.80. The van der Waals surface area contributed by atoms with E-state index in [4.69, 9.17) is 15.6 Å². The molecule has 0 radical (unpaired) electrons. The molecule has 2 aliphatic heterocycles. The first-order chi connectivity index (χ1) is 18.6. The van der Waals surface area contributed by atoms with Gasteiger partial charge in [0.15, 0.2) is 0 Å². The minimum absolute atomic E-state index is 0.225. The minimum atomic E-state index is -0.514. The molecular weight excluding hydrogens is 494 g/mol. The van der Waals surface area contributed by atoms with Crippen molar-refractivity contribution in [3.05, 3.63) is 59.9 Å². The number of benzene rings is 1. The summed E-state index contributed by atoms with van der Waals surface area (Å²) in [6.07, 6.45) is 6.02. The van der Waals surface area contributed by atoms with Crippen LogP contribution in [0.3, 0.4) is 0 Å². The van der Waals surface area contributed by atoms with Crippen LogP contribution in [0.4, 0.5) is 16.4 Å². The summed E-state index contributed by atoms with van der Waals surface area (Å²) in [5.74, 6) is 0.534. The van der Waals surface area contributed by atoms with Crippen LogP contribution in [0.1, 0.15) is 57.2 Å². The van der Waals surface area contributed by atoms with Crippen LogP contribution in [0.2, 0.25) is 0 Å². The molecule has 3 aromatic rings. The molecule has 0 saturated carbocycles. The first-order valence-corrected chi connectivity index (χ1v) is 13.5. The Kier molecular flexibility index (Phi) is 7.31. The number of carbonyl (C=O) groups is 2. The van der Waals surface area contributed by atoms with Crippen molar-refractivity contribution in [3.8, 4) is 0 Å². The molecule has 10 heteroatoms. The van der Waals surface area contributed by atoms with E-state index in [2.05, 4.69) is 28.5 Å². The molecule has 0 bridgehead atoms. The molecule has 0 spiro atoms. The monoisotopic (exact) mass is 531 g/mol. The maximum absolute atomic E-state index is 12.4. The van der Waals surface area contributed by atoms with Crippen LogP contribution >= 0.6 is 0 Å². The Labute approximate surface area is 228 Å². The zero-order valence-electron chi connectivity index (χ0n) is 23.1. The molecular formula is C29H37N7O3. The predicted octanol–water partition coefficient (Wildman–Crippen LogP) is 4.16. The summed E-state index contributed by atoms with van der Waals surface area (Å²) in [4.78, 5) is 32.5. The van der Waals surface area contributed by atoms with Crippen LogP contribution in [-0.4, -0.2) is 74.7 Å². The molecule has 1 saturated heterocycles. The average Bonchev–Trinajstić information content (AvgIpc) is 3.32. The van der Waals surface area contributed by atoms with Gasteiger partial charge in [-0.3, -0.25) is 9.69 Å². The molecule has 0 aliphatic carbocycles. The van der Waals surface area contributed by atoms with Gasteiger partial charge in [0.2, 0.25) is 11.9 Å². The number of amides is 2. The number of anilines is 2. The Morgan fingerprint density at radius 2 is 1.87 bits per heavy atom. The average molecular weight is 532 g/mol. The summed E-state index contributed by atoms with van der Waals surface area (Å²) < 4.78 is 7.40. The number of likely N-dealkylation sites (N-methyl/N-ethyl adjacent to an activating group) is 1. The van der Waals surface area contributed by atoms with Gasteiger partial charge in [-0.25, -0.2) is 14.3 Å². The van der Waals surface area contributed by atoms with Gasteiger partial charge in [0.05, 0.1) is 23.4 Å². The van der Waals surface area contributed by atoms with Crippen molar-refractivity contribution < 1.29 is 14.3 Å². The van der Waals surface area contributed by atoms with E-state index < -0.39 is 5.60 Å². The third kappa shape index (κ3) is 6.06. The van der Waals surface area contributed by atoms with Gasteiger partial charge in [0.25, 0.3) is 0 Å². The predicted molar refractivity (Wildman–Crippen MR) is 151 cm³/mol. The zero-order valence-corrected chi connectivity index (χ0v) is 23.1. The summed E-state index contributed by atoms with van der Waals surface area (Å²) in [6.45, 7) is 7.56. The smallest absolute Gasteiger partial charge is 0.410 e. The molecule has 2 unspecified atom stereocenters. The number of likely N-dealkylation sites (tertiary alicyclic amines) is 1.